The molecule has 0 bridgehead atoms. The van der Waals surface area contributed by atoms with Gasteiger partial charge in [0, 0.05) is 26.1 Å². The molecule has 2 heterocycles. The Bertz CT molecular complexity index is 1130. The molecule has 1 aliphatic heterocycles. The molecule has 3 aromatic rings. The molecule has 7 heteroatoms. The number of hydrogen-bond donors (Lipinski definition) is 1. The Kier molecular flexibility index (Phi) is 7.93. The van der Waals surface area contributed by atoms with Crippen LogP contribution in [-0.4, -0.2) is 45.9 Å². The number of benzene rings is 2. The zero-order chi connectivity index (χ0) is 23.9. The molecule has 2 aromatic carbocycles. The lowest BCUT2D eigenvalue weighted by atomic mass is 9.99. The van der Waals surface area contributed by atoms with Crippen molar-refractivity contribution >= 4 is 22.8 Å². The minimum atomic E-state index is -0.507. The van der Waals surface area contributed by atoms with Crippen LogP contribution in [0, 0.1) is 11.7 Å². The van der Waals surface area contributed by atoms with Crippen molar-refractivity contribution < 1.29 is 14.0 Å². The molecule has 180 valence electrons. The van der Waals surface area contributed by atoms with Crippen LogP contribution in [-0.2, 0) is 17.8 Å². The standard InChI is InChI=1S/C27H33FN4O2/c1-20-14-17-31(18-15-20)26(33)19-32-24-12-7-6-11-23(24)30-25(32)13-3-2-8-16-29-27(34)21-9-4-5-10-22(21)28/h4-7,9-12,20H,2-3,8,13-19H2,1H3,(H,29,34). The van der Waals surface area contributed by atoms with E-state index in [0.29, 0.717) is 19.0 Å². The topological polar surface area (TPSA) is 67.2 Å². The summed E-state index contributed by atoms with van der Waals surface area (Å²) < 4.78 is 15.8. The van der Waals surface area contributed by atoms with Gasteiger partial charge in [-0.25, -0.2) is 9.37 Å². The van der Waals surface area contributed by atoms with E-state index in [0.717, 1.165) is 68.5 Å². The summed E-state index contributed by atoms with van der Waals surface area (Å²) in [5.74, 6) is 0.880. The minimum absolute atomic E-state index is 0.0732. The Hall–Kier alpha value is -3.22. The molecule has 6 nitrogen and oxygen atoms in total. The molecule has 1 aliphatic rings. The number of halogens is 1. The molecular formula is C27H33FN4O2. The monoisotopic (exact) mass is 464 g/mol. The van der Waals surface area contributed by atoms with E-state index in [2.05, 4.69) is 16.8 Å². The number of aryl methyl sites for hydroxylation is 1. The van der Waals surface area contributed by atoms with Gasteiger partial charge in [0.15, 0.2) is 0 Å². The lowest BCUT2D eigenvalue weighted by Gasteiger charge is -2.30. The fourth-order valence-electron chi connectivity index (χ4n) is 4.51. The van der Waals surface area contributed by atoms with Crippen LogP contribution in [0.5, 0.6) is 0 Å². The Morgan fingerprint density at radius 1 is 1.03 bits per heavy atom. The van der Waals surface area contributed by atoms with Gasteiger partial charge in [0.05, 0.1) is 16.6 Å². The lowest BCUT2D eigenvalue weighted by Crippen LogP contribution is -2.39. The second-order valence-corrected chi connectivity index (χ2v) is 9.21. The molecule has 2 amide bonds. The second kappa shape index (κ2) is 11.3. The molecule has 0 unspecified atom stereocenters. The predicted octanol–water partition coefficient (Wildman–Crippen LogP) is 4.58. The van der Waals surface area contributed by atoms with E-state index in [-0.39, 0.29) is 17.4 Å². The van der Waals surface area contributed by atoms with Gasteiger partial charge in [0.25, 0.3) is 5.91 Å². The smallest absolute Gasteiger partial charge is 0.254 e. The first-order valence-electron chi connectivity index (χ1n) is 12.3. The summed E-state index contributed by atoms with van der Waals surface area (Å²) in [7, 11) is 0. The van der Waals surface area contributed by atoms with E-state index in [1.807, 2.05) is 29.2 Å². The van der Waals surface area contributed by atoms with Gasteiger partial charge >= 0.3 is 0 Å². The maximum absolute atomic E-state index is 13.7. The van der Waals surface area contributed by atoms with E-state index in [1.165, 1.54) is 12.1 Å². The normalized spacial score (nSPS) is 14.5. The average molecular weight is 465 g/mol. The van der Waals surface area contributed by atoms with Crippen LogP contribution in [0.15, 0.2) is 48.5 Å². The summed E-state index contributed by atoms with van der Waals surface area (Å²) in [6.07, 6.45) is 5.49. The molecule has 0 saturated carbocycles. The zero-order valence-corrected chi connectivity index (χ0v) is 19.8. The number of likely N-dealkylation sites (tertiary alicyclic amines) is 1. The summed E-state index contributed by atoms with van der Waals surface area (Å²) in [4.78, 5) is 31.9. The number of para-hydroxylation sites is 2. The second-order valence-electron chi connectivity index (χ2n) is 9.21. The van der Waals surface area contributed by atoms with E-state index < -0.39 is 5.82 Å². The number of imidazole rings is 1. The summed E-state index contributed by atoms with van der Waals surface area (Å²) in [5, 5.41) is 2.79. The van der Waals surface area contributed by atoms with Crippen molar-refractivity contribution in [2.45, 2.75) is 52.0 Å². The van der Waals surface area contributed by atoms with Crippen LogP contribution in [0.2, 0.25) is 0 Å². The van der Waals surface area contributed by atoms with Crippen LogP contribution in [0.1, 0.15) is 55.2 Å². The number of nitrogens with zero attached hydrogens (tertiary/aromatic N) is 3. The number of rotatable bonds is 9. The molecule has 1 aromatic heterocycles. The summed E-state index contributed by atoms with van der Waals surface area (Å²) in [6, 6.07) is 14.0. The number of fused-ring (bicyclic) bond motifs is 1. The largest absolute Gasteiger partial charge is 0.352 e. The fraction of sp³-hybridized carbons (Fsp3) is 0.444. The number of unbranched alkanes of at least 4 members (excludes halogenated alkanes) is 2. The first kappa shape index (κ1) is 23.9. The first-order valence-corrected chi connectivity index (χ1v) is 12.3. The minimum Gasteiger partial charge on any atom is -0.352 e. The van der Waals surface area contributed by atoms with Crippen LogP contribution in [0.25, 0.3) is 11.0 Å². The molecule has 0 radical (unpaired) electrons. The maximum Gasteiger partial charge on any atom is 0.254 e. The fourth-order valence-corrected chi connectivity index (χ4v) is 4.51. The number of hydrogen-bond acceptors (Lipinski definition) is 3. The lowest BCUT2D eigenvalue weighted by molar-refractivity contribution is -0.133. The van der Waals surface area contributed by atoms with Crippen LogP contribution < -0.4 is 5.32 Å². The third kappa shape index (κ3) is 5.82. The molecule has 1 saturated heterocycles. The molecule has 0 atom stereocenters. The SMILES string of the molecule is CC1CCN(C(=O)Cn2c(CCCCCNC(=O)c3ccccc3F)nc3ccccc32)CC1. The molecule has 34 heavy (non-hydrogen) atoms. The van der Waals surface area contributed by atoms with E-state index in [1.54, 1.807) is 12.1 Å². The Balaban J connectivity index is 1.30. The Morgan fingerprint density at radius 3 is 2.56 bits per heavy atom. The maximum atomic E-state index is 13.7. The number of piperidine rings is 1. The van der Waals surface area contributed by atoms with Crippen molar-refractivity contribution in [3.8, 4) is 0 Å². The molecule has 0 spiro atoms. The highest BCUT2D eigenvalue weighted by atomic mass is 19.1. The van der Waals surface area contributed by atoms with E-state index in [9.17, 15) is 14.0 Å². The number of nitrogens with one attached hydrogen (secondary N) is 1. The summed E-state index contributed by atoms with van der Waals surface area (Å²) in [6.45, 7) is 4.73. The van der Waals surface area contributed by atoms with Gasteiger partial charge in [-0.2, -0.15) is 0 Å². The molecular weight excluding hydrogens is 431 g/mol. The van der Waals surface area contributed by atoms with Crippen molar-refractivity contribution in [3.05, 3.63) is 65.7 Å². The Morgan fingerprint density at radius 2 is 1.76 bits per heavy atom. The number of carbonyl (C=O) groups is 2. The highest BCUT2D eigenvalue weighted by Gasteiger charge is 2.22. The van der Waals surface area contributed by atoms with E-state index in [4.69, 9.17) is 4.98 Å². The van der Waals surface area contributed by atoms with Crippen LogP contribution >= 0.6 is 0 Å². The van der Waals surface area contributed by atoms with Gasteiger partial charge in [-0.05, 0) is 55.9 Å². The predicted molar refractivity (Wildman–Crippen MR) is 131 cm³/mol. The number of amides is 2. The van der Waals surface area contributed by atoms with Crippen molar-refractivity contribution in [2.75, 3.05) is 19.6 Å². The van der Waals surface area contributed by atoms with Gasteiger partial charge in [-0.1, -0.05) is 37.6 Å². The van der Waals surface area contributed by atoms with Gasteiger partial charge in [0.2, 0.25) is 5.91 Å². The van der Waals surface area contributed by atoms with Crippen molar-refractivity contribution in [2.24, 2.45) is 5.92 Å². The van der Waals surface area contributed by atoms with Crippen LogP contribution in [0.4, 0.5) is 4.39 Å². The van der Waals surface area contributed by atoms with Crippen molar-refractivity contribution in [3.63, 3.8) is 0 Å². The van der Waals surface area contributed by atoms with Gasteiger partial charge in [0.1, 0.15) is 18.2 Å². The number of carbonyl (C=O) groups excluding carboxylic acids is 2. The third-order valence-electron chi connectivity index (χ3n) is 6.64. The summed E-state index contributed by atoms with van der Waals surface area (Å²) in [5.41, 5.74) is 1.98. The van der Waals surface area contributed by atoms with Crippen molar-refractivity contribution in [1.82, 2.24) is 19.8 Å². The van der Waals surface area contributed by atoms with E-state index >= 15 is 0 Å². The average Bonchev–Trinajstić information content (AvgIpc) is 3.19. The van der Waals surface area contributed by atoms with Crippen LogP contribution in [0.3, 0.4) is 0 Å². The number of aromatic nitrogens is 2. The Labute approximate surface area is 200 Å². The van der Waals surface area contributed by atoms with Crippen molar-refractivity contribution in [1.29, 1.82) is 0 Å². The molecule has 0 aliphatic carbocycles. The quantitative estimate of drug-likeness (QED) is 0.472. The highest BCUT2D eigenvalue weighted by Crippen LogP contribution is 2.20. The van der Waals surface area contributed by atoms with Gasteiger partial charge < -0.3 is 14.8 Å². The van der Waals surface area contributed by atoms with Gasteiger partial charge in [-0.15, -0.1) is 0 Å². The first-order chi connectivity index (χ1) is 16.5. The molecule has 1 fully saturated rings. The summed E-state index contributed by atoms with van der Waals surface area (Å²) >= 11 is 0. The zero-order valence-electron chi connectivity index (χ0n) is 19.8. The third-order valence-corrected chi connectivity index (χ3v) is 6.64. The molecule has 4 rings (SSSR count). The highest BCUT2D eigenvalue weighted by molar-refractivity contribution is 5.94. The molecule has 1 N–H and O–H groups in total. The van der Waals surface area contributed by atoms with Gasteiger partial charge in [-0.3, -0.25) is 9.59 Å².